The summed E-state index contributed by atoms with van der Waals surface area (Å²) in [5, 5.41) is 3.19. The van der Waals surface area contributed by atoms with E-state index >= 15 is 0 Å². The second-order valence-corrected chi connectivity index (χ2v) is 7.80. The van der Waals surface area contributed by atoms with E-state index in [0.717, 1.165) is 12.0 Å². The molecule has 0 aromatic carbocycles. The zero-order valence-corrected chi connectivity index (χ0v) is 16.8. The fraction of sp³-hybridized carbons (Fsp3) is 0.263. The second kappa shape index (κ2) is 8.06. The maximum atomic E-state index is 13.1. The predicted molar refractivity (Wildman–Crippen MR) is 115 cm³/mol. The molecular formula is C19H20N4O2S2. The maximum Gasteiger partial charge on any atom is 0.267 e. The van der Waals surface area contributed by atoms with Gasteiger partial charge in [0.15, 0.2) is 0 Å². The van der Waals surface area contributed by atoms with E-state index in [1.54, 1.807) is 24.4 Å². The Morgan fingerprint density at radius 1 is 1.37 bits per heavy atom. The van der Waals surface area contributed by atoms with Crippen molar-refractivity contribution in [3.8, 4) is 0 Å². The summed E-state index contributed by atoms with van der Waals surface area (Å²) in [7, 11) is 0. The molecule has 0 aliphatic carbocycles. The topological polar surface area (TPSA) is 66.7 Å². The molecule has 3 heterocycles. The van der Waals surface area contributed by atoms with E-state index < -0.39 is 0 Å². The van der Waals surface area contributed by atoms with E-state index in [1.165, 1.54) is 21.1 Å². The summed E-state index contributed by atoms with van der Waals surface area (Å²) in [6, 6.07) is 3.71. The summed E-state index contributed by atoms with van der Waals surface area (Å²) >= 11 is 6.45. The molecule has 2 aromatic rings. The van der Waals surface area contributed by atoms with Gasteiger partial charge in [-0.1, -0.05) is 43.0 Å². The van der Waals surface area contributed by atoms with Gasteiger partial charge in [0.25, 0.3) is 11.5 Å². The number of amides is 1. The minimum Gasteiger partial charge on any atom is -0.369 e. The van der Waals surface area contributed by atoms with Crippen molar-refractivity contribution < 1.29 is 4.79 Å². The molecule has 1 fully saturated rings. The van der Waals surface area contributed by atoms with Gasteiger partial charge in [-0.05, 0) is 31.1 Å². The van der Waals surface area contributed by atoms with Gasteiger partial charge in [0.2, 0.25) is 0 Å². The third-order valence-electron chi connectivity index (χ3n) is 4.01. The Balaban J connectivity index is 2.15. The number of aryl methyl sites for hydroxylation is 1. The van der Waals surface area contributed by atoms with Crippen molar-refractivity contribution in [2.75, 3.05) is 18.4 Å². The molecule has 1 N–H and O–H groups in total. The maximum absolute atomic E-state index is 13.1. The summed E-state index contributed by atoms with van der Waals surface area (Å²) in [4.78, 5) is 32.2. The lowest BCUT2D eigenvalue weighted by Gasteiger charge is -2.11. The standard InChI is InChI=1S/C19H20N4O2S2/c1-4-8-20-16-13(10-14-18(25)22(9-5-2)19(26)27-14)17(24)23-11-12(3)6-7-15(23)21-16/h5-7,10-11,20H,2,4,8-9H2,1,3H3/b14-10+. The van der Waals surface area contributed by atoms with Gasteiger partial charge in [-0.3, -0.25) is 18.9 Å². The highest BCUT2D eigenvalue weighted by atomic mass is 32.2. The number of hydrogen-bond donors (Lipinski definition) is 1. The van der Waals surface area contributed by atoms with Crippen LogP contribution in [0.5, 0.6) is 0 Å². The molecule has 0 bridgehead atoms. The predicted octanol–water partition coefficient (Wildman–Crippen LogP) is 3.21. The molecule has 6 nitrogen and oxygen atoms in total. The van der Waals surface area contributed by atoms with Crippen LogP contribution in [-0.4, -0.2) is 37.6 Å². The summed E-state index contributed by atoms with van der Waals surface area (Å²) < 4.78 is 1.96. The van der Waals surface area contributed by atoms with E-state index in [-0.39, 0.29) is 11.5 Å². The molecule has 27 heavy (non-hydrogen) atoms. The Kier molecular flexibility index (Phi) is 5.76. The van der Waals surface area contributed by atoms with Gasteiger partial charge < -0.3 is 5.32 Å². The SMILES string of the molecule is C=CCN1C(=O)/C(=C\c2c(NCCC)nc3ccc(C)cn3c2=O)SC1=S. The Morgan fingerprint density at radius 2 is 2.15 bits per heavy atom. The number of carbonyl (C=O) groups is 1. The monoisotopic (exact) mass is 400 g/mol. The average Bonchev–Trinajstić information content (AvgIpc) is 2.91. The first kappa shape index (κ1) is 19.3. The van der Waals surface area contributed by atoms with Gasteiger partial charge in [0.05, 0.1) is 10.5 Å². The second-order valence-electron chi connectivity index (χ2n) is 6.12. The van der Waals surface area contributed by atoms with Gasteiger partial charge in [0.1, 0.15) is 15.8 Å². The Bertz CT molecular complexity index is 1030. The van der Waals surface area contributed by atoms with Crippen LogP contribution >= 0.6 is 24.0 Å². The van der Waals surface area contributed by atoms with E-state index in [1.807, 2.05) is 19.9 Å². The van der Waals surface area contributed by atoms with Gasteiger partial charge in [-0.25, -0.2) is 4.98 Å². The van der Waals surface area contributed by atoms with Crippen LogP contribution in [-0.2, 0) is 4.79 Å². The van der Waals surface area contributed by atoms with Crippen molar-refractivity contribution in [1.29, 1.82) is 0 Å². The number of thioether (sulfide) groups is 1. The minimum absolute atomic E-state index is 0.222. The molecule has 1 aliphatic rings. The number of pyridine rings is 1. The number of carbonyl (C=O) groups excluding carboxylic acids is 1. The smallest absolute Gasteiger partial charge is 0.267 e. The van der Waals surface area contributed by atoms with Gasteiger partial charge >= 0.3 is 0 Å². The van der Waals surface area contributed by atoms with Crippen LogP contribution in [0.25, 0.3) is 11.7 Å². The lowest BCUT2D eigenvalue weighted by Crippen LogP contribution is -2.28. The molecule has 1 saturated heterocycles. The zero-order chi connectivity index (χ0) is 19.6. The number of nitrogens with one attached hydrogen (secondary N) is 1. The highest BCUT2D eigenvalue weighted by Crippen LogP contribution is 2.32. The minimum atomic E-state index is -0.226. The first-order valence-electron chi connectivity index (χ1n) is 8.59. The number of anilines is 1. The van der Waals surface area contributed by atoms with Crippen LogP contribution in [0.15, 0.2) is 40.7 Å². The molecule has 140 valence electrons. The van der Waals surface area contributed by atoms with E-state index in [2.05, 4.69) is 16.9 Å². The molecular weight excluding hydrogens is 380 g/mol. The Hall–Kier alpha value is -2.45. The van der Waals surface area contributed by atoms with Crippen LogP contribution in [0.1, 0.15) is 24.5 Å². The summed E-state index contributed by atoms with van der Waals surface area (Å²) in [5.74, 6) is 0.250. The molecule has 8 heteroatoms. The first-order chi connectivity index (χ1) is 13.0. The zero-order valence-electron chi connectivity index (χ0n) is 15.2. The van der Waals surface area contributed by atoms with Crippen molar-refractivity contribution in [2.45, 2.75) is 20.3 Å². The molecule has 0 unspecified atom stereocenters. The third-order valence-corrected chi connectivity index (χ3v) is 5.39. The van der Waals surface area contributed by atoms with Crippen LogP contribution < -0.4 is 10.9 Å². The van der Waals surface area contributed by atoms with Crippen LogP contribution in [0.2, 0.25) is 0 Å². The molecule has 0 saturated carbocycles. The van der Waals surface area contributed by atoms with Gasteiger partial charge in [-0.15, -0.1) is 6.58 Å². The summed E-state index contributed by atoms with van der Waals surface area (Å²) in [6.07, 6.45) is 5.84. The first-order valence-corrected chi connectivity index (χ1v) is 9.82. The molecule has 0 atom stereocenters. The number of hydrogen-bond acceptors (Lipinski definition) is 6. The van der Waals surface area contributed by atoms with Crippen molar-refractivity contribution >= 4 is 51.7 Å². The summed E-state index contributed by atoms with van der Waals surface area (Å²) in [6.45, 7) is 8.61. The molecule has 0 radical (unpaired) electrons. The van der Waals surface area contributed by atoms with Crippen molar-refractivity contribution in [3.63, 3.8) is 0 Å². The molecule has 1 aliphatic heterocycles. The number of thiocarbonyl (C=S) groups is 1. The average molecular weight is 401 g/mol. The van der Waals surface area contributed by atoms with Crippen molar-refractivity contribution in [1.82, 2.24) is 14.3 Å². The molecule has 0 spiro atoms. The summed E-state index contributed by atoms with van der Waals surface area (Å²) in [5.41, 5.74) is 1.63. The lowest BCUT2D eigenvalue weighted by atomic mass is 10.2. The number of rotatable bonds is 6. The highest BCUT2D eigenvalue weighted by molar-refractivity contribution is 8.26. The quantitative estimate of drug-likeness (QED) is 0.456. The lowest BCUT2D eigenvalue weighted by molar-refractivity contribution is -0.121. The van der Waals surface area contributed by atoms with Gasteiger partial charge in [-0.2, -0.15) is 0 Å². The number of nitrogens with zero attached hydrogens (tertiary/aromatic N) is 3. The van der Waals surface area contributed by atoms with Crippen molar-refractivity contribution in [2.24, 2.45) is 0 Å². The van der Waals surface area contributed by atoms with Crippen LogP contribution in [0, 0.1) is 6.92 Å². The van der Waals surface area contributed by atoms with Crippen LogP contribution in [0.3, 0.4) is 0 Å². The third kappa shape index (κ3) is 3.81. The van der Waals surface area contributed by atoms with Gasteiger partial charge in [0, 0.05) is 19.3 Å². The molecule has 2 aromatic heterocycles. The fourth-order valence-corrected chi connectivity index (χ4v) is 3.94. The number of aromatic nitrogens is 2. The van der Waals surface area contributed by atoms with Crippen LogP contribution in [0.4, 0.5) is 5.82 Å². The Morgan fingerprint density at radius 3 is 2.85 bits per heavy atom. The van der Waals surface area contributed by atoms with E-state index in [0.29, 0.717) is 39.3 Å². The Labute approximate surface area is 167 Å². The van der Waals surface area contributed by atoms with Crippen molar-refractivity contribution in [3.05, 3.63) is 57.4 Å². The fourth-order valence-electron chi connectivity index (χ4n) is 2.68. The largest absolute Gasteiger partial charge is 0.369 e. The molecule has 3 rings (SSSR count). The molecule has 1 amide bonds. The highest BCUT2D eigenvalue weighted by Gasteiger charge is 2.31. The normalized spacial score (nSPS) is 15.8. The number of fused-ring (bicyclic) bond motifs is 1. The van der Waals surface area contributed by atoms with E-state index in [9.17, 15) is 9.59 Å². The van der Waals surface area contributed by atoms with E-state index in [4.69, 9.17) is 12.2 Å².